The van der Waals surface area contributed by atoms with Crippen molar-refractivity contribution in [3.63, 3.8) is 0 Å². The van der Waals surface area contributed by atoms with Crippen LogP contribution in [0.25, 0.3) is 0 Å². The number of nitrogens with one attached hydrogen (secondary N) is 2. The molecule has 1 aromatic carbocycles. The maximum Gasteiger partial charge on any atom is 0.231 e. The fraction of sp³-hybridized carbons (Fsp3) is 0.650. The molecule has 1 fully saturated rings. The molecule has 8 heteroatoms. The highest BCUT2D eigenvalue weighted by molar-refractivity contribution is 14.0. The van der Waals surface area contributed by atoms with Crippen LogP contribution < -0.4 is 20.1 Å². The van der Waals surface area contributed by atoms with E-state index in [0.717, 1.165) is 47.1 Å². The minimum absolute atomic E-state index is 0. The van der Waals surface area contributed by atoms with Gasteiger partial charge in [0.15, 0.2) is 17.5 Å². The fourth-order valence-corrected chi connectivity index (χ4v) is 4.37. The molecule has 28 heavy (non-hydrogen) atoms. The van der Waals surface area contributed by atoms with Crippen molar-refractivity contribution in [2.24, 2.45) is 16.3 Å². The Morgan fingerprint density at radius 2 is 2.04 bits per heavy atom. The molecule has 6 nitrogen and oxygen atoms in total. The highest BCUT2D eigenvalue weighted by atomic mass is 127. The van der Waals surface area contributed by atoms with E-state index in [9.17, 15) is 0 Å². The predicted octanol–water partition coefficient (Wildman–Crippen LogP) is 4.30. The van der Waals surface area contributed by atoms with E-state index in [1.54, 1.807) is 7.05 Å². The van der Waals surface area contributed by atoms with Gasteiger partial charge in [-0.2, -0.15) is 0 Å². The van der Waals surface area contributed by atoms with Gasteiger partial charge in [0.1, 0.15) is 0 Å². The molecule has 0 bridgehead atoms. The van der Waals surface area contributed by atoms with E-state index in [-0.39, 0.29) is 42.3 Å². The van der Waals surface area contributed by atoms with Crippen LogP contribution in [0.1, 0.15) is 39.2 Å². The summed E-state index contributed by atoms with van der Waals surface area (Å²) in [6, 6.07) is 4.04. The molecule has 0 aromatic heterocycles. The molecule has 0 spiro atoms. The number of benzene rings is 1. The number of hydrogen-bond donors (Lipinski definition) is 2. The zero-order valence-electron chi connectivity index (χ0n) is 17.0. The van der Waals surface area contributed by atoms with Crippen LogP contribution >= 0.6 is 39.9 Å². The number of nitrogens with zero attached hydrogens (tertiary/aromatic N) is 1. The first-order valence-corrected chi connectivity index (χ1v) is 10.3. The van der Waals surface area contributed by atoms with Crippen molar-refractivity contribution in [3.05, 3.63) is 22.2 Å². The topological polar surface area (TPSA) is 64.1 Å². The molecule has 0 amide bonds. The second-order valence-corrected chi connectivity index (χ2v) is 9.03. The van der Waals surface area contributed by atoms with Crippen molar-refractivity contribution in [2.75, 3.05) is 27.0 Å². The lowest BCUT2D eigenvalue weighted by Crippen LogP contribution is -2.47. The first-order valence-electron chi connectivity index (χ1n) is 9.52. The molecule has 158 valence electrons. The second-order valence-electron chi connectivity index (χ2n) is 8.18. The molecule has 2 unspecified atom stereocenters. The zero-order chi connectivity index (χ0) is 19.4. The van der Waals surface area contributed by atoms with Gasteiger partial charge in [-0.15, -0.1) is 24.0 Å². The normalized spacial score (nSPS) is 21.8. The number of guanidine groups is 1. The smallest absolute Gasteiger partial charge is 0.231 e. The third-order valence-corrected chi connectivity index (χ3v) is 5.59. The summed E-state index contributed by atoms with van der Waals surface area (Å²) in [4.78, 5) is 4.36. The van der Waals surface area contributed by atoms with E-state index in [1.165, 1.54) is 6.42 Å². The van der Waals surface area contributed by atoms with Gasteiger partial charge >= 0.3 is 0 Å². The zero-order valence-corrected chi connectivity index (χ0v) is 20.9. The lowest BCUT2D eigenvalue weighted by atomic mass is 9.78. The highest BCUT2D eigenvalue weighted by Gasteiger charge is 2.35. The van der Waals surface area contributed by atoms with Gasteiger partial charge in [0, 0.05) is 32.7 Å². The number of ether oxygens (including phenoxy) is 3. The van der Waals surface area contributed by atoms with Crippen LogP contribution in [0.2, 0.25) is 0 Å². The lowest BCUT2D eigenvalue weighted by molar-refractivity contribution is -0.0835. The molecular weight excluding hydrogens is 537 g/mol. The minimum atomic E-state index is 0. The SMILES string of the molecule is CN=C(NCc1cc(Br)c2c(c1)OCO2)NCC1CCCOC1C(C)(C)C.I. The summed E-state index contributed by atoms with van der Waals surface area (Å²) in [7, 11) is 1.80. The van der Waals surface area contributed by atoms with Crippen LogP contribution in [0.5, 0.6) is 11.5 Å². The Kier molecular flexibility index (Phi) is 8.69. The maximum atomic E-state index is 6.07. The number of aliphatic imine (C=N–C) groups is 1. The largest absolute Gasteiger partial charge is 0.454 e. The summed E-state index contributed by atoms with van der Waals surface area (Å²) in [6.07, 6.45) is 2.57. The molecule has 2 heterocycles. The second kappa shape index (κ2) is 10.3. The van der Waals surface area contributed by atoms with E-state index in [1.807, 2.05) is 12.1 Å². The van der Waals surface area contributed by atoms with Crippen molar-refractivity contribution >= 4 is 45.9 Å². The van der Waals surface area contributed by atoms with Crippen LogP contribution in [-0.2, 0) is 11.3 Å². The predicted molar refractivity (Wildman–Crippen MR) is 126 cm³/mol. The van der Waals surface area contributed by atoms with Crippen molar-refractivity contribution in [1.29, 1.82) is 0 Å². The summed E-state index contributed by atoms with van der Waals surface area (Å²) < 4.78 is 17.9. The van der Waals surface area contributed by atoms with Gasteiger partial charge in [-0.05, 0) is 51.9 Å². The molecule has 3 rings (SSSR count). The lowest BCUT2D eigenvalue weighted by Gasteiger charge is -2.40. The van der Waals surface area contributed by atoms with Crippen molar-refractivity contribution in [3.8, 4) is 11.5 Å². The summed E-state index contributed by atoms with van der Waals surface area (Å²) in [5.41, 5.74) is 1.24. The summed E-state index contributed by atoms with van der Waals surface area (Å²) >= 11 is 3.54. The Hall–Kier alpha value is -0.740. The van der Waals surface area contributed by atoms with Crippen molar-refractivity contribution < 1.29 is 14.2 Å². The Balaban J connectivity index is 0.00000280. The molecule has 0 radical (unpaired) electrons. The van der Waals surface area contributed by atoms with E-state index in [2.05, 4.69) is 52.3 Å². The first-order chi connectivity index (χ1) is 12.9. The monoisotopic (exact) mass is 567 g/mol. The molecule has 1 saturated heterocycles. The fourth-order valence-electron chi connectivity index (χ4n) is 3.77. The van der Waals surface area contributed by atoms with Gasteiger partial charge in [-0.3, -0.25) is 4.99 Å². The molecule has 2 aliphatic heterocycles. The van der Waals surface area contributed by atoms with Gasteiger partial charge in [0.05, 0.1) is 10.6 Å². The van der Waals surface area contributed by atoms with Crippen molar-refractivity contribution in [2.45, 2.75) is 46.3 Å². The molecule has 0 aliphatic carbocycles. The Labute approximate surface area is 193 Å². The van der Waals surface area contributed by atoms with Gasteiger partial charge in [0.25, 0.3) is 0 Å². The first kappa shape index (κ1) is 23.5. The summed E-state index contributed by atoms with van der Waals surface area (Å²) in [6.45, 7) is 9.39. The van der Waals surface area contributed by atoms with Crippen LogP contribution in [0, 0.1) is 11.3 Å². The standard InChI is InChI=1S/C20H30BrN3O3.HI/c1-20(2,3)18-14(6-5-7-25-18)11-24-19(22-4)23-10-13-8-15(21)17-16(9-13)26-12-27-17;/h8-9,14,18H,5-7,10-12H2,1-4H3,(H2,22,23,24);1H. The maximum absolute atomic E-state index is 6.07. The van der Waals surface area contributed by atoms with E-state index >= 15 is 0 Å². The van der Waals surface area contributed by atoms with Crippen LogP contribution in [0.4, 0.5) is 0 Å². The number of halogens is 2. The third kappa shape index (κ3) is 5.89. The molecule has 2 atom stereocenters. The van der Waals surface area contributed by atoms with Crippen molar-refractivity contribution in [1.82, 2.24) is 10.6 Å². The molecule has 2 aliphatic rings. The van der Waals surface area contributed by atoms with Crippen LogP contribution in [-0.4, -0.2) is 39.1 Å². The van der Waals surface area contributed by atoms with Crippen LogP contribution in [0.3, 0.4) is 0 Å². The van der Waals surface area contributed by atoms with E-state index in [0.29, 0.717) is 12.5 Å². The Bertz CT molecular complexity index is 694. The number of hydrogen-bond acceptors (Lipinski definition) is 4. The van der Waals surface area contributed by atoms with Gasteiger partial charge in [-0.25, -0.2) is 0 Å². The summed E-state index contributed by atoms with van der Waals surface area (Å²) in [5.74, 6) is 2.82. The van der Waals surface area contributed by atoms with E-state index in [4.69, 9.17) is 14.2 Å². The quantitative estimate of drug-likeness (QED) is 0.323. The molecular formula is C20H31BrIN3O3. The third-order valence-electron chi connectivity index (χ3n) is 5.00. The van der Waals surface area contributed by atoms with Gasteiger partial charge in [0.2, 0.25) is 6.79 Å². The number of fused-ring (bicyclic) bond motifs is 1. The van der Waals surface area contributed by atoms with Gasteiger partial charge < -0.3 is 24.8 Å². The minimum Gasteiger partial charge on any atom is -0.454 e. The van der Waals surface area contributed by atoms with Gasteiger partial charge in [-0.1, -0.05) is 20.8 Å². The number of rotatable bonds is 4. The highest BCUT2D eigenvalue weighted by Crippen LogP contribution is 2.40. The molecule has 2 N–H and O–H groups in total. The van der Waals surface area contributed by atoms with E-state index < -0.39 is 0 Å². The Morgan fingerprint density at radius 1 is 1.25 bits per heavy atom. The summed E-state index contributed by atoms with van der Waals surface area (Å²) in [5, 5.41) is 6.85. The van der Waals surface area contributed by atoms with Crippen LogP contribution in [0.15, 0.2) is 21.6 Å². The average Bonchev–Trinajstić information content (AvgIpc) is 3.10. The average molecular weight is 568 g/mol. The molecule has 1 aromatic rings. The Morgan fingerprint density at radius 3 is 2.75 bits per heavy atom. The molecule has 0 saturated carbocycles.